The molecule has 3 aromatic rings. The Kier molecular flexibility index (Phi) is 7.28. The first-order valence-electron chi connectivity index (χ1n) is 10.8. The number of fused-ring (bicyclic) bond motifs is 1. The van der Waals surface area contributed by atoms with E-state index in [-0.39, 0.29) is 22.1 Å². The predicted octanol–water partition coefficient (Wildman–Crippen LogP) is 5.07. The molecule has 8 nitrogen and oxygen atoms in total. The van der Waals surface area contributed by atoms with Crippen molar-refractivity contribution in [1.82, 2.24) is 9.47 Å². The van der Waals surface area contributed by atoms with E-state index in [1.54, 1.807) is 6.08 Å². The molecule has 1 N–H and O–H groups in total. The molecule has 0 radical (unpaired) electrons. The third-order valence-electron chi connectivity index (χ3n) is 5.30. The Morgan fingerprint density at radius 1 is 1.17 bits per heavy atom. The number of aromatic nitrogens is 1. The highest BCUT2D eigenvalue weighted by molar-refractivity contribution is 8.18. The highest BCUT2D eigenvalue weighted by atomic mass is 35.5. The molecule has 1 fully saturated rings. The lowest BCUT2D eigenvalue weighted by atomic mass is 10.1. The van der Waals surface area contributed by atoms with Crippen molar-refractivity contribution in [1.29, 1.82) is 0 Å². The number of rotatable bonds is 7. The van der Waals surface area contributed by atoms with E-state index in [1.807, 2.05) is 49.0 Å². The fourth-order valence-corrected chi connectivity index (χ4v) is 4.67. The lowest BCUT2D eigenvalue weighted by Crippen LogP contribution is -2.36. The Bertz CT molecular complexity index is 1380. The van der Waals surface area contributed by atoms with Crippen LogP contribution in [-0.2, 0) is 21.4 Å². The largest absolute Gasteiger partial charge is 0.462 e. The van der Waals surface area contributed by atoms with Gasteiger partial charge in [-0.05, 0) is 48.5 Å². The van der Waals surface area contributed by atoms with Crippen LogP contribution in [0.2, 0.25) is 5.02 Å². The molecule has 0 aliphatic carbocycles. The van der Waals surface area contributed by atoms with Crippen molar-refractivity contribution >= 4 is 69.1 Å². The van der Waals surface area contributed by atoms with Crippen molar-refractivity contribution in [3.05, 3.63) is 69.7 Å². The molecule has 0 atom stereocenters. The zero-order chi connectivity index (χ0) is 25.1. The van der Waals surface area contributed by atoms with Gasteiger partial charge in [-0.15, -0.1) is 0 Å². The molecular formula is C25H22ClN3O5S. The van der Waals surface area contributed by atoms with Crippen LogP contribution in [0.25, 0.3) is 17.0 Å². The molecule has 0 unspecified atom stereocenters. The normalized spacial score (nSPS) is 14.7. The quantitative estimate of drug-likeness (QED) is 0.351. The summed E-state index contributed by atoms with van der Waals surface area (Å²) in [5.41, 5.74) is 2.21. The van der Waals surface area contributed by atoms with Gasteiger partial charge in [0, 0.05) is 35.4 Å². The molecule has 4 rings (SSSR count). The van der Waals surface area contributed by atoms with E-state index < -0.39 is 29.6 Å². The number of nitrogens with one attached hydrogen (secondary N) is 1. The van der Waals surface area contributed by atoms with Gasteiger partial charge >= 0.3 is 5.97 Å². The van der Waals surface area contributed by atoms with Crippen molar-refractivity contribution in [3.63, 3.8) is 0 Å². The number of benzene rings is 2. The maximum Gasteiger partial charge on any atom is 0.339 e. The van der Waals surface area contributed by atoms with Gasteiger partial charge in [-0.2, -0.15) is 0 Å². The Hall–Kier alpha value is -3.56. The van der Waals surface area contributed by atoms with Crippen LogP contribution in [-0.4, -0.2) is 45.6 Å². The molecule has 10 heteroatoms. The number of para-hydroxylation sites is 1. The molecular weight excluding hydrogens is 490 g/mol. The predicted molar refractivity (Wildman–Crippen MR) is 136 cm³/mol. The first-order chi connectivity index (χ1) is 16.8. The topological polar surface area (TPSA) is 97.7 Å². The Balaban J connectivity index is 1.47. The lowest BCUT2D eigenvalue weighted by molar-refractivity contribution is -0.127. The molecule has 1 aliphatic rings. The van der Waals surface area contributed by atoms with E-state index in [9.17, 15) is 19.2 Å². The second-order valence-corrected chi connectivity index (χ2v) is 9.26. The number of hydrogen-bond donors (Lipinski definition) is 1. The zero-order valence-electron chi connectivity index (χ0n) is 19.0. The van der Waals surface area contributed by atoms with Crippen LogP contribution in [0.3, 0.4) is 0 Å². The van der Waals surface area contributed by atoms with Gasteiger partial charge in [0.15, 0.2) is 0 Å². The van der Waals surface area contributed by atoms with Crippen LogP contribution in [0.5, 0.6) is 0 Å². The van der Waals surface area contributed by atoms with Gasteiger partial charge in [0.1, 0.15) is 6.54 Å². The third kappa shape index (κ3) is 5.26. The van der Waals surface area contributed by atoms with E-state index >= 15 is 0 Å². The van der Waals surface area contributed by atoms with Gasteiger partial charge in [-0.1, -0.05) is 36.7 Å². The average molecular weight is 512 g/mol. The molecule has 0 saturated carbocycles. The molecule has 35 heavy (non-hydrogen) atoms. The Labute approximate surface area is 210 Å². The van der Waals surface area contributed by atoms with Crippen LogP contribution in [0.15, 0.2) is 53.6 Å². The summed E-state index contributed by atoms with van der Waals surface area (Å²) in [6, 6.07) is 12.1. The summed E-state index contributed by atoms with van der Waals surface area (Å²) in [4.78, 5) is 51.3. The first kappa shape index (κ1) is 24.6. The number of carbonyl (C=O) groups excluding carboxylic acids is 4. The van der Waals surface area contributed by atoms with E-state index in [2.05, 4.69) is 5.32 Å². The molecule has 3 amide bonds. The van der Waals surface area contributed by atoms with Crippen molar-refractivity contribution in [3.8, 4) is 0 Å². The highest BCUT2D eigenvalue weighted by Gasteiger charge is 2.36. The monoisotopic (exact) mass is 511 g/mol. The number of esters is 1. The second kappa shape index (κ2) is 10.4. The molecule has 2 heterocycles. The van der Waals surface area contributed by atoms with Crippen LogP contribution in [0, 0.1) is 0 Å². The van der Waals surface area contributed by atoms with Crippen molar-refractivity contribution in [2.24, 2.45) is 7.05 Å². The summed E-state index contributed by atoms with van der Waals surface area (Å²) in [5, 5.41) is 3.21. The van der Waals surface area contributed by atoms with E-state index in [0.717, 1.165) is 33.1 Å². The Morgan fingerprint density at radius 2 is 1.94 bits per heavy atom. The van der Waals surface area contributed by atoms with E-state index in [4.69, 9.17) is 16.3 Å². The smallest absolute Gasteiger partial charge is 0.339 e. The number of carbonyl (C=O) groups is 4. The number of aryl methyl sites for hydroxylation is 1. The summed E-state index contributed by atoms with van der Waals surface area (Å²) < 4.78 is 7.04. The number of amides is 3. The molecule has 0 spiro atoms. The number of halogens is 1. The van der Waals surface area contributed by atoms with E-state index in [1.165, 1.54) is 18.2 Å². The summed E-state index contributed by atoms with van der Waals surface area (Å²) in [7, 11) is 1.90. The molecule has 1 aliphatic heterocycles. The van der Waals surface area contributed by atoms with Crippen LogP contribution in [0.1, 0.15) is 29.3 Å². The molecule has 1 aromatic heterocycles. The standard InChI is InChI=1S/C25H22ClN3O5S/c1-3-10-34-24(32)18-12-16(8-9-19(18)26)27-22(30)14-29-23(31)21(35-25(29)33)11-15-13-28(2)20-7-5-4-6-17(15)20/h4-9,11-13H,3,10,14H2,1-2H3,(H,27,30)/b21-11+. The zero-order valence-corrected chi connectivity index (χ0v) is 20.6. The first-order valence-corrected chi connectivity index (χ1v) is 12.0. The number of thioether (sulfide) groups is 1. The Morgan fingerprint density at radius 3 is 2.71 bits per heavy atom. The maximum atomic E-state index is 12.9. The van der Waals surface area contributed by atoms with Crippen molar-refractivity contribution in [2.45, 2.75) is 13.3 Å². The maximum absolute atomic E-state index is 12.9. The fraction of sp³-hybridized carbons (Fsp3) is 0.200. The number of ether oxygens (including phenoxy) is 1. The van der Waals surface area contributed by atoms with Gasteiger partial charge in [-0.3, -0.25) is 19.3 Å². The molecule has 2 aromatic carbocycles. The van der Waals surface area contributed by atoms with E-state index in [0.29, 0.717) is 12.1 Å². The summed E-state index contributed by atoms with van der Waals surface area (Å²) in [6.07, 6.45) is 4.21. The lowest BCUT2D eigenvalue weighted by Gasteiger charge is -2.13. The summed E-state index contributed by atoms with van der Waals surface area (Å²) in [6.45, 7) is 1.65. The number of anilines is 1. The number of nitrogens with zero attached hydrogens (tertiary/aromatic N) is 2. The van der Waals surface area contributed by atoms with Gasteiger partial charge in [0.2, 0.25) is 5.91 Å². The molecule has 0 bridgehead atoms. The van der Waals surface area contributed by atoms with Gasteiger partial charge in [0.05, 0.1) is 22.1 Å². The third-order valence-corrected chi connectivity index (χ3v) is 6.53. The summed E-state index contributed by atoms with van der Waals surface area (Å²) in [5.74, 6) is -1.73. The molecule has 180 valence electrons. The van der Waals surface area contributed by atoms with Crippen molar-refractivity contribution in [2.75, 3.05) is 18.5 Å². The van der Waals surface area contributed by atoms with Gasteiger partial charge in [0.25, 0.3) is 11.1 Å². The van der Waals surface area contributed by atoms with Crippen molar-refractivity contribution < 1.29 is 23.9 Å². The minimum atomic E-state index is -0.600. The number of imide groups is 1. The van der Waals surface area contributed by atoms with Crippen LogP contribution < -0.4 is 5.32 Å². The SMILES string of the molecule is CCCOC(=O)c1cc(NC(=O)CN2C(=O)S/C(=C/c3cn(C)c4ccccc34)C2=O)ccc1Cl. The van der Waals surface area contributed by atoms with Crippen LogP contribution >= 0.6 is 23.4 Å². The fourth-order valence-electron chi connectivity index (χ4n) is 3.64. The number of hydrogen-bond acceptors (Lipinski definition) is 6. The summed E-state index contributed by atoms with van der Waals surface area (Å²) >= 11 is 6.87. The van der Waals surface area contributed by atoms with Gasteiger partial charge < -0.3 is 14.6 Å². The highest BCUT2D eigenvalue weighted by Crippen LogP contribution is 2.34. The van der Waals surface area contributed by atoms with Gasteiger partial charge in [-0.25, -0.2) is 4.79 Å². The van der Waals surface area contributed by atoms with Crippen LogP contribution in [0.4, 0.5) is 10.5 Å². The average Bonchev–Trinajstić information content (AvgIpc) is 3.29. The second-order valence-electron chi connectivity index (χ2n) is 7.86. The molecule has 1 saturated heterocycles. The minimum absolute atomic E-state index is 0.113. The minimum Gasteiger partial charge on any atom is -0.462 e.